The summed E-state index contributed by atoms with van der Waals surface area (Å²) >= 11 is 0. The van der Waals surface area contributed by atoms with Crippen molar-refractivity contribution in [2.24, 2.45) is 7.05 Å². The normalized spacial score (nSPS) is 16.1. The molecule has 5 nitrogen and oxygen atoms in total. The van der Waals surface area contributed by atoms with Crippen molar-refractivity contribution in [3.63, 3.8) is 0 Å². The minimum absolute atomic E-state index is 0.469. The van der Waals surface area contributed by atoms with Crippen LogP contribution in [-0.4, -0.2) is 19.7 Å². The van der Waals surface area contributed by atoms with Crippen molar-refractivity contribution in [2.45, 2.75) is 31.5 Å². The number of hydrogen-bond donors (Lipinski definition) is 1. The number of halogens is 4. The molecule has 26 heavy (non-hydrogen) atoms. The first-order chi connectivity index (χ1) is 12.2. The van der Waals surface area contributed by atoms with Gasteiger partial charge in [0.2, 0.25) is 0 Å². The standard InChI is InChI=1S/C17H15F4N5/c1-9-23-14(11-8-22-26(2)15(11)24-9)25-16(5-6-16)10-3-4-12(13(18)7-10)17(19,20)21/h3-4,7-8H,5-6H2,1-2H3,(H,23,24,25). The van der Waals surface area contributed by atoms with Crippen LogP contribution in [0.1, 0.15) is 29.8 Å². The molecule has 0 bridgehead atoms. The molecule has 0 saturated heterocycles. The van der Waals surface area contributed by atoms with Crippen LogP contribution in [0.5, 0.6) is 0 Å². The zero-order chi connectivity index (χ0) is 18.7. The topological polar surface area (TPSA) is 55.6 Å². The molecular formula is C17H15F4N5. The highest BCUT2D eigenvalue weighted by Crippen LogP contribution is 2.49. The summed E-state index contributed by atoms with van der Waals surface area (Å²) in [5.74, 6) is -0.190. The third-order valence-electron chi connectivity index (χ3n) is 4.64. The molecule has 0 spiro atoms. The van der Waals surface area contributed by atoms with Gasteiger partial charge in [0, 0.05) is 7.05 Å². The number of aromatic nitrogens is 4. The summed E-state index contributed by atoms with van der Waals surface area (Å²) in [6, 6.07) is 3.06. The number of anilines is 1. The van der Waals surface area contributed by atoms with Crippen LogP contribution in [0.15, 0.2) is 24.4 Å². The van der Waals surface area contributed by atoms with Crippen LogP contribution in [0.25, 0.3) is 11.0 Å². The molecule has 0 amide bonds. The summed E-state index contributed by atoms with van der Waals surface area (Å²) in [6.45, 7) is 1.75. The lowest BCUT2D eigenvalue weighted by Gasteiger charge is -2.20. The van der Waals surface area contributed by atoms with E-state index in [0.717, 1.165) is 12.1 Å². The number of nitrogens with zero attached hydrogens (tertiary/aromatic N) is 4. The van der Waals surface area contributed by atoms with Crippen LogP contribution >= 0.6 is 0 Å². The zero-order valence-electron chi connectivity index (χ0n) is 14.0. The summed E-state index contributed by atoms with van der Waals surface area (Å²) in [5.41, 5.74) is -0.774. The Balaban J connectivity index is 1.72. The van der Waals surface area contributed by atoms with Crippen LogP contribution in [0.3, 0.4) is 0 Å². The minimum Gasteiger partial charge on any atom is -0.360 e. The fraction of sp³-hybridized carbons (Fsp3) is 0.353. The molecule has 1 aliphatic carbocycles. The van der Waals surface area contributed by atoms with Gasteiger partial charge in [0.05, 0.1) is 22.7 Å². The largest absolute Gasteiger partial charge is 0.419 e. The number of rotatable bonds is 3. The van der Waals surface area contributed by atoms with Gasteiger partial charge in [0.15, 0.2) is 5.65 Å². The van der Waals surface area contributed by atoms with Crippen LogP contribution in [0.2, 0.25) is 0 Å². The number of nitrogens with one attached hydrogen (secondary N) is 1. The van der Waals surface area contributed by atoms with E-state index in [-0.39, 0.29) is 0 Å². The highest BCUT2D eigenvalue weighted by Gasteiger charge is 2.46. The molecule has 1 N–H and O–H groups in total. The van der Waals surface area contributed by atoms with Gasteiger partial charge in [-0.15, -0.1) is 0 Å². The van der Waals surface area contributed by atoms with E-state index < -0.39 is 23.1 Å². The lowest BCUT2D eigenvalue weighted by molar-refractivity contribution is -0.140. The Labute approximate surface area is 146 Å². The fourth-order valence-electron chi connectivity index (χ4n) is 3.11. The van der Waals surface area contributed by atoms with E-state index in [9.17, 15) is 17.6 Å². The third-order valence-corrected chi connectivity index (χ3v) is 4.64. The van der Waals surface area contributed by atoms with Gasteiger partial charge in [-0.2, -0.15) is 18.3 Å². The minimum atomic E-state index is -4.71. The van der Waals surface area contributed by atoms with E-state index in [4.69, 9.17) is 0 Å². The van der Waals surface area contributed by atoms with Crippen molar-refractivity contribution in [1.82, 2.24) is 19.7 Å². The Morgan fingerprint density at radius 3 is 2.54 bits per heavy atom. The first-order valence-electron chi connectivity index (χ1n) is 8.01. The summed E-state index contributed by atoms with van der Waals surface area (Å²) in [5, 5.41) is 8.14. The van der Waals surface area contributed by atoms with Crippen molar-refractivity contribution < 1.29 is 17.6 Å². The molecule has 0 atom stereocenters. The number of benzene rings is 1. The number of fused-ring (bicyclic) bond motifs is 1. The van der Waals surface area contributed by atoms with E-state index in [2.05, 4.69) is 20.4 Å². The van der Waals surface area contributed by atoms with E-state index >= 15 is 0 Å². The Morgan fingerprint density at radius 1 is 1.19 bits per heavy atom. The highest BCUT2D eigenvalue weighted by atomic mass is 19.4. The predicted octanol–water partition coefficient (Wildman–Crippen LogP) is 3.93. The van der Waals surface area contributed by atoms with Gasteiger partial charge < -0.3 is 5.32 Å². The molecule has 2 aromatic heterocycles. The fourth-order valence-corrected chi connectivity index (χ4v) is 3.11. The molecule has 136 valence electrons. The van der Waals surface area contributed by atoms with Crippen LogP contribution in [0, 0.1) is 12.7 Å². The molecule has 3 aromatic rings. The van der Waals surface area contributed by atoms with Crippen molar-refractivity contribution in [3.05, 3.63) is 47.2 Å². The van der Waals surface area contributed by atoms with Gasteiger partial charge >= 0.3 is 6.18 Å². The number of aryl methyl sites for hydroxylation is 2. The Morgan fingerprint density at radius 2 is 1.92 bits per heavy atom. The molecule has 0 aliphatic heterocycles. The van der Waals surface area contributed by atoms with Gasteiger partial charge in [-0.1, -0.05) is 6.07 Å². The van der Waals surface area contributed by atoms with E-state index in [1.165, 1.54) is 6.07 Å². The van der Waals surface area contributed by atoms with Crippen molar-refractivity contribution in [3.8, 4) is 0 Å². The quantitative estimate of drug-likeness (QED) is 0.715. The van der Waals surface area contributed by atoms with Crippen molar-refractivity contribution >= 4 is 16.9 Å². The van der Waals surface area contributed by atoms with Crippen LogP contribution < -0.4 is 5.32 Å². The van der Waals surface area contributed by atoms with Crippen molar-refractivity contribution in [2.75, 3.05) is 5.32 Å². The monoisotopic (exact) mass is 365 g/mol. The van der Waals surface area contributed by atoms with Crippen LogP contribution in [0.4, 0.5) is 23.4 Å². The van der Waals surface area contributed by atoms with E-state index in [1.54, 1.807) is 24.9 Å². The predicted molar refractivity (Wildman–Crippen MR) is 87.0 cm³/mol. The summed E-state index contributed by atoms with van der Waals surface area (Å²) < 4.78 is 53.9. The lowest BCUT2D eigenvalue weighted by atomic mass is 10.0. The van der Waals surface area contributed by atoms with Gasteiger partial charge in [-0.25, -0.2) is 14.4 Å². The molecule has 0 unspecified atom stereocenters. The van der Waals surface area contributed by atoms with Crippen molar-refractivity contribution in [1.29, 1.82) is 0 Å². The Bertz CT molecular complexity index is 1000. The SMILES string of the molecule is Cc1nc(NC2(c3ccc(C(F)(F)F)c(F)c3)CC2)c2cnn(C)c2n1. The summed E-state index contributed by atoms with van der Waals surface area (Å²) in [7, 11) is 1.76. The Kier molecular flexibility index (Phi) is 3.47. The molecule has 1 fully saturated rings. The van der Waals surface area contributed by atoms with Gasteiger partial charge in [-0.05, 0) is 37.5 Å². The van der Waals surface area contributed by atoms with Gasteiger partial charge in [0.25, 0.3) is 0 Å². The maximum absolute atomic E-state index is 14.0. The molecule has 0 radical (unpaired) electrons. The summed E-state index contributed by atoms with van der Waals surface area (Å²) in [6.07, 6.45) is -1.75. The van der Waals surface area contributed by atoms with E-state index in [0.29, 0.717) is 41.1 Å². The molecule has 9 heteroatoms. The second-order valence-electron chi connectivity index (χ2n) is 6.52. The Hall–Kier alpha value is -2.71. The summed E-state index contributed by atoms with van der Waals surface area (Å²) in [4.78, 5) is 8.73. The number of hydrogen-bond acceptors (Lipinski definition) is 4. The lowest BCUT2D eigenvalue weighted by Crippen LogP contribution is -2.21. The second kappa shape index (κ2) is 5.39. The van der Waals surface area contributed by atoms with E-state index in [1.807, 2.05) is 0 Å². The highest BCUT2D eigenvalue weighted by molar-refractivity contribution is 5.87. The maximum atomic E-state index is 14.0. The average Bonchev–Trinajstić information content (AvgIpc) is 3.24. The first kappa shape index (κ1) is 16.7. The second-order valence-corrected chi connectivity index (χ2v) is 6.52. The first-order valence-corrected chi connectivity index (χ1v) is 8.01. The smallest absolute Gasteiger partial charge is 0.360 e. The van der Waals surface area contributed by atoms with Crippen LogP contribution in [-0.2, 0) is 18.8 Å². The average molecular weight is 365 g/mol. The molecule has 2 heterocycles. The molecular weight excluding hydrogens is 350 g/mol. The third kappa shape index (κ3) is 2.67. The zero-order valence-corrected chi connectivity index (χ0v) is 14.0. The number of alkyl halides is 3. The molecule has 1 aromatic carbocycles. The van der Waals surface area contributed by atoms with Gasteiger partial charge in [0.1, 0.15) is 17.5 Å². The molecule has 1 saturated carbocycles. The molecule has 4 rings (SSSR count). The van der Waals surface area contributed by atoms with Gasteiger partial charge in [-0.3, -0.25) is 4.68 Å². The molecule has 1 aliphatic rings. The maximum Gasteiger partial charge on any atom is 0.419 e.